The molecule has 0 fully saturated rings. The van der Waals surface area contributed by atoms with Gasteiger partial charge in [-0.2, -0.15) is 0 Å². The largest absolute Gasteiger partial charge is 0.492 e. The minimum Gasteiger partial charge on any atom is -0.492 e. The number of carbonyl (C=O) groups excluding carboxylic acids is 1. The van der Waals surface area contributed by atoms with Crippen molar-refractivity contribution >= 4 is 17.3 Å². The Bertz CT molecular complexity index is 431. The van der Waals surface area contributed by atoms with Crippen LogP contribution in [0.15, 0.2) is 18.2 Å². The van der Waals surface area contributed by atoms with Gasteiger partial charge in [-0.05, 0) is 25.1 Å². The van der Waals surface area contributed by atoms with Gasteiger partial charge in [0.25, 0.3) is 0 Å². The third-order valence-electron chi connectivity index (χ3n) is 2.66. The molecule has 0 atom stereocenters. The predicted octanol–water partition coefficient (Wildman–Crippen LogP) is 0.835. The molecule has 0 unspecified atom stereocenters. The quantitative estimate of drug-likeness (QED) is 0.658. The monoisotopic (exact) mass is 282 g/mol. The van der Waals surface area contributed by atoms with E-state index in [1.54, 1.807) is 18.2 Å². The maximum absolute atomic E-state index is 11.1. The van der Waals surface area contributed by atoms with Crippen LogP contribution < -0.4 is 15.0 Å². The number of nitrogens with one attached hydrogen (secondary N) is 1. The zero-order chi connectivity index (χ0) is 15.0. The number of carbonyl (C=O) groups is 1. The Labute approximate surface area is 119 Å². The average molecular weight is 282 g/mol. The van der Waals surface area contributed by atoms with E-state index in [4.69, 9.17) is 14.9 Å². The molecule has 112 valence electrons. The summed E-state index contributed by atoms with van der Waals surface area (Å²) in [6.07, 6.45) is 0. The van der Waals surface area contributed by atoms with E-state index in [1.807, 2.05) is 11.8 Å². The molecule has 0 bridgehead atoms. The van der Waals surface area contributed by atoms with Crippen molar-refractivity contribution in [2.75, 3.05) is 43.1 Å². The van der Waals surface area contributed by atoms with Gasteiger partial charge in [-0.3, -0.25) is 4.79 Å². The van der Waals surface area contributed by atoms with E-state index in [0.29, 0.717) is 31.1 Å². The Hall–Kier alpha value is -1.79. The zero-order valence-electron chi connectivity index (χ0n) is 11.9. The first kappa shape index (κ1) is 16.3. The molecular formula is C14H22N2O4. The van der Waals surface area contributed by atoms with Crippen LogP contribution >= 0.6 is 0 Å². The van der Waals surface area contributed by atoms with Crippen LogP contribution in [0.1, 0.15) is 13.8 Å². The zero-order valence-corrected chi connectivity index (χ0v) is 11.9. The molecule has 1 aromatic rings. The lowest BCUT2D eigenvalue weighted by Gasteiger charge is -2.26. The molecule has 3 N–H and O–H groups in total. The highest BCUT2D eigenvalue weighted by atomic mass is 16.5. The minimum absolute atomic E-state index is 0.0318. The van der Waals surface area contributed by atoms with Gasteiger partial charge in [-0.25, -0.2) is 0 Å². The first-order valence-corrected chi connectivity index (χ1v) is 6.63. The van der Waals surface area contributed by atoms with Gasteiger partial charge in [0.05, 0.1) is 25.5 Å². The molecule has 0 aromatic heterocycles. The molecular weight excluding hydrogens is 260 g/mol. The summed E-state index contributed by atoms with van der Waals surface area (Å²) in [7, 11) is 0. The van der Waals surface area contributed by atoms with Gasteiger partial charge in [-0.15, -0.1) is 0 Å². The number of aliphatic hydroxyl groups excluding tert-OH is 2. The number of aliphatic hydroxyl groups is 2. The smallest absolute Gasteiger partial charge is 0.221 e. The van der Waals surface area contributed by atoms with E-state index in [1.165, 1.54) is 6.92 Å². The summed E-state index contributed by atoms with van der Waals surface area (Å²) in [5, 5.41) is 21.0. The molecule has 0 saturated heterocycles. The van der Waals surface area contributed by atoms with Gasteiger partial charge < -0.3 is 25.2 Å². The van der Waals surface area contributed by atoms with Crippen molar-refractivity contribution in [3.8, 4) is 5.75 Å². The van der Waals surface area contributed by atoms with Gasteiger partial charge in [0.2, 0.25) is 5.91 Å². The second kappa shape index (κ2) is 8.39. The first-order valence-electron chi connectivity index (χ1n) is 6.63. The second-order valence-corrected chi connectivity index (χ2v) is 4.23. The number of nitrogens with zero attached hydrogens (tertiary/aromatic N) is 1. The van der Waals surface area contributed by atoms with Gasteiger partial charge in [0, 0.05) is 25.7 Å². The van der Waals surface area contributed by atoms with Crippen LogP contribution in [0.3, 0.4) is 0 Å². The van der Waals surface area contributed by atoms with Gasteiger partial charge >= 0.3 is 0 Å². The number of benzene rings is 1. The Morgan fingerprint density at radius 1 is 1.30 bits per heavy atom. The Morgan fingerprint density at radius 3 is 2.45 bits per heavy atom. The van der Waals surface area contributed by atoms with Crippen molar-refractivity contribution in [3.05, 3.63) is 18.2 Å². The van der Waals surface area contributed by atoms with Crippen molar-refractivity contribution in [1.29, 1.82) is 0 Å². The van der Waals surface area contributed by atoms with Crippen molar-refractivity contribution in [3.63, 3.8) is 0 Å². The van der Waals surface area contributed by atoms with Crippen molar-refractivity contribution in [1.82, 2.24) is 0 Å². The van der Waals surface area contributed by atoms with E-state index >= 15 is 0 Å². The lowest BCUT2D eigenvalue weighted by molar-refractivity contribution is -0.114. The van der Waals surface area contributed by atoms with E-state index < -0.39 is 0 Å². The Balaban J connectivity index is 3.10. The molecule has 0 aliphatic rings. The third-order valence-corrected chi connectivity index (χ3v) is 2.66. The highest BCUT2D eigenvalue weighted by Crippen LogP contribution is 2.31. The van der Waals surface area contributed by atoms with Gasteiger partial charge in [0.1, 0.15) is 5.75 Å². The number of anilines is 2. The fourth-order valence-electron chi connectivity index (χ4n) is 1.92. The van der Waals surface area contributed by atoms with Gasteiger partial charge in [-0.1, -0.05) is 0 Å². The number of amides is 1. The molecule has 6 nitrogen and oxygen atoms in total. The molecule has 0 aliphatic heterocycles. The lowest BCUT2D eigenvalue weighted by Crippen LogP contribution is -2.30. The summed E-state index contributed by atoms with van der Waals surface area (Å²) in [5.74, 6) is 0.500. The number of hydrogen-bond donors (Lipinski definition) is 3. The maximum atomic E-state index is 11.1. The van der Waals surface area contributed by atoms with Crippen LogP contribution in [-0.4, -0.2) is 49.0 Å². The molecule has 0 spiro atoms. The second-order valence-electron chi connectivity index (χ2n) is 4.23. The van der Waals surface area contributed by atoms with Crippen LogP contribution in [0.25, 0.3) is 0 Å². The molecule has 6 heteroatoms. The van der Waals surface area contributed by atoms with Crippen LogP contribution in [0.2, 0.25) is 0 Å². The standard InChI is InChI=1S/C14H22N2O4/c1-3-20-14-5-4-12(15-11(2)19)10-13(14)16(6-8-17)7-9-18/h4-5,10,17-18H,3,6-9H2,1-2H3,(H,15,19). The summed E-state index contributed by atoms with van der Waals surface area (Å²) in [6.45, 7) is 4.53. The molecule has 1 aromatic carbocycles. The van der Waals surface area contributed by atoms with Crippen LogP contribution in [0.4, 0.5) is 11.4 Å². The number of rotatable bonds is 8. The summed E-state index contributed by atoms with van der Waals surface area (Å²) in [4.78, 5) is 12.9. The molecule has 20 heavy (non-hydrogen) atoms. The number of ether oxygens (including phenoxy) is 1. The molecule has 0 radical (unpaired) electrons. The normalized spacial score (nSPS) is 10.2. The number of hydrogen-bond acceptors (Lipinski definition) is 5. The highest BCUT2D eigenvalue weighted by Gasteiger charge is 2.13. The highest BCUT2D eigenvalue weighted by molar-refractivity contribution is 5.89. The maximum Gasteiger partial charge on any atom is 0.221 e. The van der Waals surface area contributed by atoms with Crippen molar-refractivity contribution in [2.24, 2.45) is 0 Å². The summed E-state index contributed by atoms with van der Waals surface area (Å²) in [5.41, 5.74) is 1.39. The fraction of sp³-hybridized carbons (Fsp3) is 0.500. The topological polar surface area (TPSA) is 82.0 Å². The SMILES string of the molecule is CCOc1ccc(NC(C)=O)cc1N(CCO)CCO. The fourth-order valence-corrected chi connectivity index (χ4v) is 1.92. The van der Waals surface area contributed by atoms with Crippen LogP contribution in [-0.2, 0) is 4.79 Å². The average Bonchev–Trinajstić information content (AvgIpc) is 2.40. The predicted molar refractivity (Wildman–Crippen MR) is 78.3 cm³/mol. The summed E-state index contributed by atoms with van der Waals surface area (Å²) < 4.78 is 5.55. The van der Waals surface area contributed by atoms with Crippen molar-refractivity contribution in [2.45, 2.75) is 13.8 Å². The van der Waals surface area contributed by atoms with Crippen LogP contribution in [0, 0.1) is 0 Å². The third kappa shape index (κ3) is 4.71. The molecule has 0 heterocycles. The summed E-state index contributed by atoms with van der Waals surface area (Å²) in [6, 6.07) is 5.30. The van der Waals surface area contributed by atoms with E-state index in [9.17, 15) is 4.79 Å². The van der Waals surface area contributed by atoms with Crippen LogP contribution in [0.5, 0.6) is 5.75 Å². The van der Waals surface area contributed by atoms with E-state index in [0.717, 1.165) is 5.69 Å². The molecule has 1 amide bonds. The minimum atomic E-state index is -0.157. The molecule has 0 saturated carbocycles. The van der Waals surface area contributed by atoms with E-state index in [2.05, 4.69) is 5.32 Å². The molecule has 1 rings (SSSR count). The first-order chi connectivity index (χ1) is 9.62. The van der Waals surface area contributed by atoms with E-state index in [-0.39, 0.29) is 19.1 Å². The lowest BCUT2D eigenvalue weighted by atomic mass is 10.2. The van der Waals surface area contributed by atoms with Crippen molar-refractivity contribution < 1.29 is 19.7 Å². The Kier molecular flexibility index (Phi) is 6.83. The molecule has 0 aliphatic carbocycles. The summed E-state index contributed by atoms with van der Waals surface area (Å²) >= 11 is 0. The Morgan fingerprint density at radius 2 is 1.95 bits per heavy atom. The van der Waals surface area contributed by atoms with Gasteiger partial charge in [0.15, 0.2) is 0 Å².